The molecule has 2 aromatic rings. The van der Waals surface area contributed by atoms with Crippen LogP contribution in [0, 0.1) is 12.7 Å². The van der Waals surface area contributed by atoms with Gasteiger partial charge in [-0.25, -0.2) is 17.5 Å². The Hall–Kier alpha value is -1.96. The molecule has 8 heteroatoms. The standard InChI is InChI=1S/C10H11FN4O2S/c1-7-12-10(14-13-7)15-18(16,17)6-8-2-4-9(11)5-3-8/h2-5H,6H2,1H3,(H2,12,13,14,15). The lowest BCUT2D eigenvalue weighted by Gasteiger charge is -2.04. The number of benzene rings is 1. The van der Waals surface area contributed by atoms with Gasteiger partial charge < -0.3 is 0 Å². The van der Waals surface area contributed by atoms with Crippen LogP contribution in [0.4, 0.5) is 10.3 Å². The number of H-pyrrole nitrogens is 1. The topological polar surface area (TPSA) is 87.7 Å². The van der Waals surface area contributed by atoms with Crippen LogP contribution in [-0.4, -0.2) is 23.6 Å². The fraction of sp³-hybridized carbons (Fsp3) is 0.200. The van der Waals surface area contributed by atoms with Crippen molar-refractivity contribution in [2.45, 2.75) is 12.7 Å². The van der Waals surface area contributed by atoms with E-state index in [4.69, 9.17) is 0 Å². The maximum Gasteiger partial charge on any atom is 0.255 e. The molecule has 1 aromatic heterocycles. The van der Waals surface area contributed by atoms with E-state index in [-0.39, 0.29) is 11.7 Å². The minimum absolute atomic E-state index is 0.00499. The van der Waals surface area contributed by atoms with E-state index in [2.05, 4.69) is 19.9 Å². The van der Waals surface area contributed by atoms with Crippen LogP contribution in [-0.2, 0) is 15.8 Å². The number of anilines is 1. The second kappa shape index (κ2) is 4.73. The number of aromatic nitrogens is 3. The highest BCUT2D eigenvalue weighted by Gasteiger charge is 2.14. The van der Waals surface area contributed by atoms with Crippen molar-refractivity contribution < 1.29 is 12.8 Å². The van der Waals surface area contributed by atoms with E-state index in [1.165, 1.54) is 24.3 Å². The van der Waals surface area contributed by atoms with Gasteiger partial charge in [-0.15, -0.1) is 5.10 Å². The van der Waals surface area contributed by atoms with Crippen LogP contribution in [0.5, 0.6) is 0 Å². The summed E-state index contributed by atoms with van der Waals surface area (Å²) in [5.74, 6) is -0.168. The Bertz CT molecular complexity index is 636. The zero-order valence-corrected chi connectivity index (χ0v) is 10.3. The average Bonchev–Trinajstić information content (AvgIpc) is 2.66. The summed E-state index contributed by atoms with van der Waals surface area (Å²) in [6.45, 7) is 1.66. The smallest absolute Gasteiger partial charge is 0.255 e. The summed E-state index contributed by atoms with van der Waals surface area (Å²) in [6, 6.07) is 5.25. The van der Waals surface area contributed by atoms with Gasteiger partial charge in [-0.3, -0.25) is 5.10 Å². The lowest BCUT2D eigenvalue weighted by molar-refractivity contribution is 0.599. The van der Waals surface area contributed by atoms with Gasteiger partial charge in [0.2, 0.25) is 10.0 Å². The third-order valence-electron chi connectivity index (χ3n) is 2.11. The Kier molecular flexibility index (Phi) is 3.28. The molecule has 0 radical (unpaired) electrons. The average molecular weight is 270 g/mol. The van der Waals surface area contributed by atoms with Crippen molar-refractivity contribution in [3.63, 3.8) is 0 Å². The van der Waals surface area contributed by atoms with Crippen LogP contribution < -0.4 is 4.72 Å². The number of hydrogen-bond acceptors (Lipinski definition) is 4. The fourth-order valence-electron chi connectivity index (χ4n) is 1.36. The van der Waals surface area contributed by atoms with Gasteiger partial charge in [0.15, 0.2) is 0 Å². The summed E-state index contributed by atoms with van der Waals surface area (Å²) in [4.78, 5) is 3.83. The summed E-state index contributed by atoms with van der Waals surface area (Å²) >= 11 is 0. The largest absolute Gasteiger partial charge is 0.261 e. The third kappa shape index (κ3) is 3.27. The maximum absolute atomic E-state index is 12.7. The predicted molar refractivity (Wildman–Crippen MR) is 63.8 cm³/mol. The first-order chi connectivity index (χ1) is 8.44. The lowest BCUT2D eigenvalue weighted by Crippen LogP contribution is -2.16. The fourth-order valence-corrected chi connectivity index (χ4v) is 2.44. The molecule has 0 fully saturated rings. The molecule has 0 unspecified atom stereocenters. The van der Waals surface area contributed by atoms with Crippen molar-refractivity contribution in [2.75, 3.05) is 4.72 Å². The molecule has 0 saturated carbocycles. The molecule has 0 aliphatic carbocycles. The molecule has 0 spiro atoms. The first-order valence-electron chi connectivity index (χ1n) is 5.08. The molecule has 2 N–H and O–H groups in total. The van der Waals surface area contributed by atoms with E-state index in [0.717, 1.165) is 0 Å². The van der Waals surface area contributed by atoms with Gasteiger partial charge in [-0.1, -0.05) is 12.1 Å². The number of hydrogen-bond donors (Lipinski definition) is 2. The second-order valence-corrected chi connectivity index (χ2v) is 5.45. The molecule has 96 valence electrons. The Morgan fingerprint density at radius 1 is 1.33 bits per heavy atom. The molecule has 0 aliphatic heterocycles. The van der Waals surface area contributed by atoms with Gasteiger partial charge in [0.05, 0.1) is 5.75 Å². The summed E-state index contributed by atoms with van der Waals surface area (Å²) in [6.07, 6.45) is 0. The number of aryl methyl sites for hydroxylation is 1. The van der Waals surface area contributed by atoms with Crippen LogP contribution in [0.3, 0.4) is 0 Å². The van der Waals surface area contributed by atoms with E-state index < -0.39 is 15.8 Å². The second-order valence-electron chi connectivity index (χ2n) is 3.73. The van der Waals surface area contributed by atoms with Crippen LogP contribution in [0.25, 0.3) is 0 Å². The molecule has 1 heterocycles. The zero-order valence-electron chi connectivity index (χ0n) is 9.51. The molecule has 6 nitrogen and oxygen atoms in total. The maximum atomic E-state index is 12.7. The number of rotatable bonds is 4. The van der Waals surface area contributed by atoms with Crippen LogP contribution >= 0.6 is 0 Å². The highest BCUT2D eigenvalue weighted by atomic mass is 32.2. The first kappa shape index (κ1) is 12.5. The molecule has 0 aliphatic rings. The minimum atomic E-state index is -3.60. The number of nitrogens with zero attached hydrogens (tertiary/aromatic N) is 2. The highest BCUT2D eigenvalue weighted by Crippen LogP contribution is 2.09. The first-order valence-corrected chi connectivity index (χ1v) is 6.74. The van der Waals surface area contributed by atoms with Gasteiger partial charge in [0, 0.05) is 0 Å². The zero-order chi connectivity index (χ0) is 13.2. The molecular weight excluding hydrogens is 259 g/mol. The van der Waals surface area contributed by atoms with Crippen molar-refractivity contribution in [1.82, 2.24) is 15.2 Å². The molecule has 18 heavy (non-hydrogen) atoms. The molecule has 0 bridgehead atoms. The Morgan fingerprint density at radius 2 is 2.00 bits per heavy atom. The normalized spacial score (nSPS) is 11.4. The van der Waals surface area contributed by atoms with E-state index in [1.807, 2.05) is 0 Å². The van der Waals surface area contributed by atoms with Gasteiger partial charge in [0.1, 0.15) is 11.6 Å². The van der Waals surface area contributed by atoms with Crippen molar-refractivity contribution >= 4 is 16.0 Å². The van der Waals surface area contributed by atoms with E-state index in [0.29, 0.717) is 11.4 Å². The van der Waals surface area contributed by atoms with E-state index in [9.17, 15) is 12.8 Å². The monoisotopic (exact) mass is 270 g/mol. The Balaban J connectivity index is 2.10. The number of aromatic amines is 1. The number of halogens is 1. The minimum Gasteiger partial charge on any atom is -0.261 e. The van der Waals surface area contributed by atoms with Gasteiger partial charge in [0.25, 0.3) is 5.95 Å². The predicted octanol–water partition coefficient (Wildman–Crippen LogP) is 1.19. The molecule has 2 rings (SSSR count). The summed E-state index contributed by atoms with van der Waals surface area (Å²) in [5.41, 5.74) is 0.483. The number of nitrogens with one attached hydrogen (secondary N) is 2. The number of sulfonamides is 1. The van der Waals surface area contributed by atoms with Gasteiger partial charge in [-0.05, 0) is 24.6 Å². The molecular formula is C10H11FN4O2S. The van der Waals surface area contributed by atoms with Crippen molar-refractivity contribution in [1.29, 1.82) is 0 Å². The van der Waals surface area contributed by atoms with Crippen LogP contribution in [0.2, 0.25) is 0 Å². The summed E-state index contributed by atoms with van der Waals surface area (Å²) in [7, 11) is -3.60. The Morgan fingerprint density at radius 3 is 2.56 bits per heavy atom. The van der Waals surface area contributed by atoms with Crippen LogP contribution in [0.1, 0.15) is 11.4 Å². The van der Waals surface area contributed by atoms with E-state index >= 15 is 0 Å². The lowest BCUT2D eigenvalue weighted by atomic mass is 10.2. The quantitative estimate of drug-likeness (QED) is 0.873. The summed E-state index contributed by atoms with van der Waals surface area (Å²) < 4.78 is 38.4. The van der Waals surface area contributed by atoms with E-state index in [1.54, 1.807) is 6.92 Å². The molecule has 0 amide bonds. The Labute approximate surface area is 103 Å². The van der Waals surface area contributed by atoms with Crippen LogP contribution in [0.15, 0.2) is 24.3 Å². The molecule has 1 aromatic carbocycles. The van der Waals surface area contributed by atoms with Crippen molar-refractivity contribution in [2.24, 2.45) is 0 Å². The SMILES string of the molecule is Cc1nc(NS(=O)(=O)Cc2ccc(F)cc2)n[nH]1. The summed E-state index contributed by atoms with van der Waals surface area (Å²) in [5, 5.41) is 6.20. The highest BCUT2D eigenvalue weighted by molar-refractivity contribution is 7.91. The molecule has 0 atom stereocenters. The van der Waals surface area contributed by atoms with Crippen molar-refractivity contribution in [3.8, 4) is 0 Å². The van der Waals surface area contributed by atoms with Gasteiger partial charge >= 0.3 is 0 Å². The third-order valence-corrected chi connectivity index (χ3v) is 3.32. The van der Waals surface area contributed by atoms with Gasteiger partial charge in [-0.2, -0.15) is 4.98 Å². The van der Waals surface area contributed by atoms with Crippen molar-refractivity contribution in [3.05, 3.63) is 41.5 Å². The molecule has 0 saturated heterocycles.